The summed E-state index contributed by atoms with van der Waals surface area (Å²) in [6, 6.07) is 9.09. The largest absolute Gasteiger partial charge is 0.496 e. The van der Waals surface area contributed by atoms with Gasteiger partial charge in [-0.2, -0.15) is 0 Å². The number of ether oxygens (including phenoxy) is 1. The van der Waals surface area contributed by atoms with Gasteiger partial charge in [-0.15, -0.1) is 0 Å². The van der Waals surface area contributed by atoms with E-state index in [9.17, 15) is 9.50 Å². The van der Waals surface area contributed by atoms with Gasteiger partial charge in [-0.25, -0.2) is 4.39 Å². The van der Waals surface area contributed by atoms with E-state index in [4.69, 9.17) is 16.3 Å². The molecule has 0 aliphatic carbocycles. The molecule has 140 valence electrons. The zero-order chi connectivity index (χ0) is 18.7. The van der Waals surface area contributed by atoms with Crippen LogP contribution in [0.3, 0.4) is 0 Å². The molecule has 3 nitrogen and oxygen atoms in total. The molecule has 2 aromatic carbocycles. The molecule has 1 saturated heterocycles. The van der Waals surface area contributed by atoms with Gasteiger partial charge in [-0.1, -0.05) is 17.7 Å². The van der Waals surface area contributed by atoms with E-state index in [-0.39, 0.29) is 12.4 Å². The van der Waals surface area contributed by atoms with E-state index in [1.54, 1.807) is 20.1 Å². The van der Waals surface area contributed by atoms with Crippen LogP contribution >= 0.6 is 11.6 Å². The fraction of sp³-hybridized carbons (Fsp3) is 0.429. The Bertz CT molecular complexity index is 781. The molecule has 1 aliphatic rings. The third-order valence-electron chi connectivity index (χ3n) is 5.07. The lowest BCUT2D eigenvalue weighted by molar-refractivity contribution is 0.116. The Kier molecular flexibility index (Phi) is 6.17. The van der Waals surface area contributed by atoms with Crippen molar-refractivity contribution in [1.29, 1.82) is 0 Å². The van der Waals surface area contributed by atoms with Crippen molar-refractivity contribution >= 4 is 11.6 Å². The topological polar surface area (TPSA) is 32.7 Å². The highest BCUT2D eigenvalue weighted by molar-refractivity contribution is 6.33. The molecule has 1 unspecified atom stereocenters. The smallest absolute Gasteiger partial charge is 0.126 e. The quantitative estimate of drug-likeness (QED) is 0.822. The van der Waals surface area contributed by atoms with Crippen LogP contribution in [0.1, 0.15) is 24.0 Å². The molecule has 0 radical (unpaired) electrons. The molecule has 0 spiro atoms. The molecule has 1 fully saturated rings. The number of aryl methyl sites for hydroxylation is 1. The van der Waals surface area contributed by atoms with Crippen LogP contribution in [0.2, 0.25) is 5.02 Å². The van der Waals surface area contributed by atoms with Crippen LogP contribution in [0.15, 0.2) is 30.3 Å². The number of nitrogens with zero attached hydrogens (tertiary/aromatic N) is 1. The standard InChI is InChI=1S/C21H25ClFNO2/c1-14-8-19(22)17(10-20(14)23)18-9-15(5-6-21(18)26-2)11-24-7-3-4-16(12-24)13-25/h5-6,8-10,16,25H,3-4,7,11-13H2,1-2H3. The van der Waals surface area contributed by atoms with Gasteiger partial charge in [0.05, 0.1) is 7.11 Å². The van der Waals surface area contributed by atoms with E-state index in [1.807, 2.05) is 18.2 Å². The van der Waals surface area contributed by atoms with E-state index < -0.39 is 0 Å². The van der Waals surface area contributed by atoms with Crippen LogP contribution in [-0.2, 0) is 6.54 Å². The first-order valence-corrected chi connectivity index (χ1v) is 9.35. The zero-order valence-electron chi connectivity index (χ0n) is 15.3. The number of halogens is 2. The number of aliphatic hydroxyl groups is 1. The second kappa shape index (κ2) is 8.38. The normalized spacial score (nSPS) is 18.1. The number of aliphatic hydroxyl groups excluding tert-OH is 1. The summed E-state index contributed by atoms with van der Waals surface area (Å²) in [5.41, 5.74) is 3.08. The first kappa shape index (κ1) is 19.2. The molecule has 0 aromatic heterocycles. The molecule has 2 aromatic rings. The third-order valence-corrected chi connectivity index (χ3v) is 5.38. The molecule has 1 atom stereocenters. The number of hydrogen-bond donors (Lipinski definition) is 1. The number of benzene rings is 2. The minimum absolute atomic E-state index is 0.239. The Balaban J connectivity index is 1.91. The number of methoxy groups -OCH3 is 1. The lowest BCUT2D eigenvalue weighted by atomic mass is 9.97. The Labute approximate surface area is 159 Å². The van der Waals surface area contributed by atoms with Gasteiger partial charge in [0.2, 0.25) is 0 Å². The molecule has 5 heteroatoms. The first-order chi connectivity index (χ1) is 12.5. The average Bonchev–Trinajstić information content (AvgIpc) is 2.65. The van der Waals surface area contributed by atoms with E-state index in [1.165, 1.54) is 6.07 Å². The monoisotopic (exact) mass is 377 g/mol. The SMILES string of the molecule is COc1ccc(CN2CCCC(CO)C2)cc1-c1cc(F)c(C)cc1Cl. The molecule has 0 saturated carbocycles. The van der Waals surface area contributed by atoms with E-state index in [0.29, 0.717) is 27.8 Å². The maximum atomic E-state index is 14.1. The van der Waals surface area contributed by atoms with Gasteiger partial charge in [-0.05, 0) is 67.6 Å². The maximum Gasteiger partial charge on any atom is 0.126 e. The van der Waals surface area contributed by atoms with Gasteiger partial charge in [0.25, 0.3) is 0 Å². The lowest BCUT2D eigenvalue weighted by Crippen LogP contribution is -2.36. The lowest BCUT2D eigenvalue weighted by Gasteiger charge is -2.32. The second-order valence-electron chi connectivity index (χ2n) is 7.04. The summed E-state index contributed by atoms with van der Waals surface area (Å²) < 4.78 is 19.6. The number of piperidine rings is 1. The van der Waals surface area contributed by atoms with Crippen molar-refractivity contribution < 1.29 is 14.2 Å². The van der Waals surface area contributed by atoms with Crippen LogP contribution in [0.25, 0.3) is 11.1 Å². The highest BCUT2D eigenvalue weighted by Gasteiger charge is 2.20. The molecule has 1 aliphatic heterocycles. The summed E-state index contributed by atoms with van der Waals surface area (Å²) >= 11 is 6.39. The Hall–Kier alpha value is -1.62. The van der Waals surface area contributed by atoms with E-state index >= 15 is 0 Å². The molecule has 26 heavy (non-hydrogen) atoms. The number of rotatable bonds is 5. The van der Waals surface area contributed by atoms with Gasteiger partial charge >= 0.3 is 0 Å². The van der Waals surface area contributed by atoms with Crippen LogP contribution in [0.5, 0.6) is 5.75 Å². The van der Waals surface area contributed by atoms with Crippen molar-refractivity contribution in [3.8, 4) is 16.9 Å². The van der Waals surface area contributed by atoms with Gasteiger partial charge in [0, 0.05) is 35.8 Å². The van der Waals surface area contributed by atoms with Crippen molar-refractivity contribution in [3.05, 3.63) is 52.3 Å². The first-order valence-electron chi connectivity index (χ1n) is 8.98. The molecular weight excluding hydrogens is 353 g/mol. The zero-order valence-corrected chi connectivity index (χ0v) is 16.0. The molecule has 3 rings (SSSR count). The summed E-state index contributed by atoms with van der Waals surface area (Å²) in [5, 5.41) is 9.93. The van der Waals surface area contributed by atoms with Crippen molar-refractivity contribution in [3.63, 3.8) is 0 Å². The highest BCUT2D eigenvalue weighted by atomic mass is 35.5. The number of hydrogen-bond acceptors (Lipinski definition) is 3. The summed E-state index contributed by atoms with van der Waals surface area (Å²) in [5.74, 6) is 0.742. The Morgan fingerprint density at radius 1 is 1.27 bits per heavy atom. The van der Waals surface area contributed by atoms with Gasteiger partial charge < -0.3 is 9.84 Å². The van der Waals surface area contributed by atoms with Gasteiger partial charge in [0.15, 0.2) is 0 Å². The fourth-order valence-corrected chi connectivity index (χ4v) is 3.94. The second-order valence-corrected chi connectivity index (χ2v) is 7.45. The van der Waals surface area contributed by atoms with Crippen LogP contribution in [-0.4, -0.2) is 36.8 Å². The highest BCUT2D eigenvalue weighted by Crippen LogP contribution is 2.37. The Morgan fingerprint density at radius 2 is 2.08 bits per heavy atom. The van der Waals surface area contributed by atoms with Crippen molar-refractivity contribution in [1.82, 2.24) is 4.90 Å². The minimum atomic E-state index is -0.279. The van der Waals surface area contributed by atoms with Crippen LogP contribution in [0, 0.1) is 18.7 Å². The van der Waals surface area contributed by atoms with Crippen LogP contribution in [0.4, 0.5) is 4.39 Å². The molecule has 0 amide bonds. The molecule has 1 N–H and O–H groups in total. The number of likely N-dealkylation sites (tertiary alicyclic amines) is 1. The third kappa shape index (κ3) is 4.20. The van der Waals surface area contributed by atoms with Gasteiger partial charge in [0.1, 0.15) is 11.6 Å². The Morgan fingerprint density at radius 3 is 2.81 bits per heavy atom. The summed E-state index contributed by atoms with van der Waals surface area (Å²) in [6.45, 7) is 4.66. The van der Waals surface area contributed by atoms with Crippen molar-refractivity contribution in [2.75, 3.05) is 26.8 Å². The predicted molar refractivity (Wildman–Crippen MR) is 103 cm³/mol. The van der Waals surface area contributed by atoms with Crippen LogP contribution < -0.4 is 4.74 Å². The average molecular weight is 378 g/mol. The van der Waals surface area contributed by atoms with Gasteiger partial charge in [-0.3, -0.25) is 4.90 Å². The molecule has 1 heterocycles. The van der Waals surface area contributed by atoms with E-state index in [0.717, 1.165) is 43.6 Å². The molecular formula is C21H25ClFNO2. The summed E-state index contributed by atoms with van der Waals surface area (Å²) in [4.78, 5) is 2.35. The van der Waals surface area contributed by atoms with E-state index in [2.05, 4.69) is 4.90 Å². The summed E-state index contributed by atoms with van der Waals surface area (Å²) in [7, 11) is 1.60. The molecule has 0 bridgehead atoms. The fourth-order valence-electron chi connectivity index (χ4n) is 3.62. The van der Waals surface area contributed by atoms with Crippen molar-refractivity contribution in [2.24, 2.45) is 5.92 Å². The minimum Gasteiger partial charge on any atom is -0.496 e. The maximum absolute atomic E-state index is 14.1. The summed E-state index contributed by atoms with van der Waals surface area (Å²) in [6.07, 6.45) is 2.18. The predicted octanol–water partition coefficient (Wildman–Crippen LogP) is 4.67. The van der Waals surface area contributed by atoms with Crippen molar-refractivity contribution in [2.45, 2.75) is 26.3 Å².